The van der Waals surface area contributed by atoms with E-state index in [-0.39, 0.29) is 5.91 Å². The lowest BCUT2D eigenvalue weighted by Gasteiger charge is -2.15. The molecule has 0 aliphatic rings. The Balaban J connectivity index is 2.15. The van der Waals surface area contributed by atoms with Crippen molar-refractivity contribution in [3.63, 3.8) is 0 Å². The number of carbonyl (C=O) groups is 1. The van der Waals surface area contributed by atoms with Gasteiger partial charge in [-0.25, -0.2) is 9.97 Å². The first-order chi connectivity index (χ1) is 9.22. The topological polar surface area (TPSA) is 58.1 Å². The third-order valence-corrected chi connectivity index (χ3v) is 2.66. The fourth-order valence-electron chi connectivity index (χ4n) is 1.66. The summed E-state index contributed by atoms with van der Waals surface area (Å²) >= 11 is 0. The van der Waals surface area contributed by atoms with E-state index in [1.165, 1.54) is 4.90 Å². The van der Waals surface area contributed by atoms with Gasteiger partial charge in [-0.15, -0.1) is 0 Å². The Bertz CT molecular complexity index is 539. The first-order valence-corrected chi connectivity index (χ1v) is 6.11. The molecule has 0 aromatic carbocycles. The molecule has 2 aromatic heterocycles. The largest absolute Gasteiger partial charge is 0.384 e. The monoisotopic (exact) mass is 256 g/mol. The van der Waals surface area contributed by atoms with E-state index >= 15 is 0 Å². The standard InChI is InChI=1S/C14H16N4O/c1-3-15-11-7-8-12(17-10-11)14(19)18(2)13-6-4-5-9-16-13/h4-10,15H,3H2,1-2H3. The van der Waals surface area contributed by atoms with Crippen molar-refractivity contribution in [1.29, 1.82) is 0 Å². The number of hydrogen-bond donors (Lipinski definition) is 1. The van der Waals surface area contributed by atoms with Crippen LogP contribution in [0.15, 0.2) is 42.7 Å². The maximum Gasteiger partial charge on any atom is 0.277 e. The molecule has 0 radical (unpaired) electrons. The summed E-state index contributed by atoms with van der Waals surface area (Å²) in [6.07, 6.45) is 3.31. The Labute approximate surface area is 112 Å². The summed E-state index contributed by atoms with van der Waals surface area (Å²) in [6, 6.07) is 8.99. The Morgan fingerprint density at radius 3 is 2.68 bits per heavy atom. The Morgan fingerprint density at radius 1 is 1.26 bits per heavy atom. The van der Waals surface area contributed by atoms with Crippen LogP contribution in [0.25, 0.3) is 0 Å². The minimum Gasteiger partial charge on any atom is -0.384 e. The highest BCUT2D eigenvalue weighted by Crippen LogP contribution is 2.12. The lowest BCUT2D eigenvalue weighted by Crippen LogP contribution is -2.27. The number of hydrogen-bond acceptors (Lipinski definition) is 4. The van der Waals surface area contributed by atoms with E-state index in [4.69, 9.17) is 0 Å². The summed E-state index contributed by atoms with van der Waals surface area (Å²) in [5.41, 5.74) is 1.30. The molecular weight excluding hydrogens is 240 g/mol. The Kier molecular flexibility index (Phi) is 4.07. The molecule has 0 aliphatic heterocycles. The molecule has 2 rings (SSSR count). The number of rotatable bonds is 4. The van der Waals surface area contributed by atoms with Crippen LogP contribution in [0.5, 0.6) is 0 Å². The van der Waals surface area contributed by atoms with E-state index < -0.39 is 0 Å². The number of nitrogens with zero attached hydrogens (tertiary/aromatic N) is 3. The Morgan fingerprint density at radius 2 is 2.11 bits per heavy atom. The SMILES string of the molecule is CCNc1ccc(C(=O)N(C)c2ccccn2)nc1. The van der Waals surface area contributed by atoms with Gasteiger partial charge in [-0.1, -0.05) is 6.07 Å². The molecule has 19 heavy (non-hydrogen) atoms. The second kappa shape index (κ2) is 5.95. The summed E-state index contributed by atoms with van der Waals surface area (Å²) in [5, 5.41) is 3.13. The third-order valence-electron chi connectivity index (χ3n) is 2.66. The molecule has 1 amide bonds. The van der Waals surface area contributed by atoms with Crippen molar-refractivity contribution >= 4 is 17.4 Å². The van der Waals surface area contributed by atoms with E-state index in [1.54, 1.807) is 31.6 Å². The highest BCUT2D eigenvalue weighted by molar-refractivity contribution is 6.03. The second-order valence-electron chi connectivity index (χ2n) is 4.01. The number of pyridine rings is 2. The lowest BCUT2D eigenvalue weighted by atomic mass is 10.3. The van der Waals surface area contributed by atoms with Gasteiger partial charge in [-0.05, 0) is 31.2 Å². The zero-order valence-corrected chi connectivity index (χ0v) is 11.0. The van der Waals surface area contributed by atoms with Crippen molar-refractivity contribution < 1.29 is 4.79 Å². The number of nitrogens with one attached hydrogen (secondary N) is 1. The molecule has 0 fully saturated rings. The molecule has 0 unspecified atom stereocenters. The van der Waals surface area contributed by atoms with E-state index in [1.807, 2.05) is 25.1 Å². The second-order valence-corrected chi connectivity index (χ2v) is 4.01. The normalized spacial score (nSPS) is 10.0. The molecule has 5 nitrogen and oxygen atoms in total. The minimum atomic E-state index is -0.179. The molecule has 1 N–H and O–H groups in total. The summed E-state index contributed by atoms with van der Waals surface area (Å²) < 4.78 is 0. The van der Waals surface area contributed by atoms with Gasteiger partial charge >= 0.3 is 0 Å². The molecular formula is C14H16N4O. The van der Waals surface area contributed by atoms with Crippen LogP contribution in [0.3, 0.4) is 0 Å². The zero-order valence-electron chi connectivity index (χ0n) is 11.0. The van der Waals surface area contributed by atoms with Crippen molar-refractivity contribution in [3.05, 3.63) is 48.4 Å². The highest BCUT2D eigenvalue weighted by atomic mass is 16.2. The predicted octanol–water partition coefficient (Wildman–Crippen LogP) is 2.18. The van der Waals surface area contributed by atoms with Gasteiger partial charge in [-0.2, -0.15) is 0 Å². The van der Waals surface area contributed by atoms with Crippen LogP contribution in [0.1, 0.15) is 17.4 Å². The van der Waals surface area contributed by atoms with Crippen LogP contribution in [0.4, 0.5) is 11.5 Å². The van der Waals surface area contributed by atoms with Gasteiger partial charge in [-0.3, -0.25) is 9.69 Å². The van der Waals surface area contributed by atoms with Crippen molar-refractivity contribution in [2.45, 2.75) is 6.92 Å². The molecule has 5 heteroatoms. The van der Waals surface area contributed by atoms with Crippen molar-refractivity contribution in [2.24, 2.45) is 0 Å². The van der Waals surface area contributed by atoms with E-state index in [0.29, 0.717) is 11.5 Å². The molecule has 98 valence electrons. The minimum absolute atomic E-state index is 0.179. The molecule has 2 heterocycles. The molecule has 0 spiro atoms. The Hall–Kier alpha value is -2.43. The van der Waals surface area contributed by atoms with Gasteiger partial charge in [0.2, 0.25) is 0 Å². The summed E-state index contributed by atoms with van der Waals surface area (Å²) in [6.45, 7) is 2.83. The van der Waals surface area contributed by atoms with Gasteiger partial charge in [0.15, 0.2) is 0 Å². The van der Waals surface area contributed by atoms with Crippen LogP contribution in [0.2, 0.25) is 0 Å². The summed E-state index contributed by atoms with van der Waals surface area (Å²) in [7, 11) is 1.69. The van der Waals surface area contributed by atoms with Crippen LogP contribution < -0.4 is 10.2 Å². The van der Waals surface area contributed by atoms with Crippen LogP contribution in [-0.4, -0.2) is 29.5 Å². The van der Waals surface area contributed by atoms with Crippen molar-refractivity contribution in [2.75, 3.05) is 23.8 Å². The fourth-order valence-corrected chi connectivity index (χ4v) is 1.66. The van der Waals surface area contributed by atoms with Crippen molar-refractivity contribution in [3.8, 4) is 0 Å². The third kappa shape index (κ3) is 3.07. The molecule has 2 aromatic rings. The van der Waals surface area contributed by atoms with Gasteiger partial charge in [0.25, 0.3) is 5.91 Å². The first kappa shape index (κ1) is 13.0. The quantitative estimate of drug-likeness (QED) is 0.911. The predicted molar refractivity (Wildman–Crippen MR) is 75.4 cm³/mol. The van der Waals surface area contributed by atoms with Crippen LogP contribution in [-0.2, 0) is 0 Å². The fraction of sp³-hybridized carbons (Fsp3) is 0.214. The van der Waals surface area contributed by atoms with Crippen LogP contribution in [0, 0.1) is 0 Å². The molecule has 0 saturated heterocycles. The van der Waals surface area contributed by atoms with E-state index in [9.17, 15) is 4.79 Å². The summed E-state index contributed by atoms with van der Waals surface area (Å²) in [4.78, 5) is 22.0. The van der Waals surface area contributed by atoms with Gasteiger partial charge in [0.1, 0.15) is 11.5 Å². The molecule has 0 saturated carbocycles. The highest BCUT2D eigenvalue weighted by Gasteiger charge is 2.15. The van der Waals surface area contributed by atoms with Crippen molar-refractivity contribution in [1.82, 2.24) is 9.97 Å². The molecule has 0 atom stereocenters. The average molecular weight is 256 g/mol. The van der Waals surface area contributed by atoms with E-state index in [0.717, 1.165) is 12.2 Å². The van der Waals surface area contributed by atoms with Gasteiger partial charge in [0, 0.05) is 19.8 Å². The summed E-state index contributed by atoms with van der Waals surface area (Å²) in [5.74, 6) is 0.423. The average Bonchev–Trinajstić information content (AvgIpc) is 2.48. The molecule has 0 aliphatic carbocycles. The lowest BCUT2D eigenvalue weighted by molar-refractivity contribution is 0.0987. The maximum atomic E-state index is 12.2. The number of carbonyl (C=O) groups excluding carboxylic acids is 1. The maximum absolute atomic E-state index is 12.2. The zero-order chi connectivity index (χ0) is 13.7. The number of amides is 1. The van der Waals surface area contributed by atoms with E-state index in [2.05, 4.69) is 15.3 Å². The van der Waals surface area contributed by atoms with Crippen LogP contribution >= 0.6 is 0 Å². The number of aromatic nitrogens is 2. The smallest absolute Gasteiger partial charge is 0.277 e. The molecule has 0 bridgehead atoms. The number of anilines is 2. The first-order valence-electron chi connectivity index (χ1n) is 6.11. The van der Waals surface area contributed by atoms with Gasteiger partial charge in [0.05, 0.1) is 11.9 Å². The van der Waals surface area contributed by atoms with Gasteiger partial charge < -0.3 is 5.32 Å².